The summed E-state index contributed by atoms with van der Waals surface area (Å²) in [6, 6.07) is 0. The normalized spacial score (nSPS) is 25.7. The van der Waals surface area contributed by atoms with Gasteiger partial charge in [-0.25, -0.2) is 0 Å². The molecule has 0 aromatic rings. The number of nitrogens with zero attached hydrogens (tertiary/aromatic N) is 1. The van der Waals surface area contributed by atoms with E-state index in [4.69, 9.17) is 0 Å². The van der Waals surface area contributed by atoms with Gasteiger partial charge in [0.2, 0.25) is 0 Å². The molecule has 84 valence electrons. The summed E-state index contributed by atoms with van der Waals surface area (Å²) in [6.07, 6.45) is 2.42. The van der Waals surface area contributed by atoms with Crippen molar-refractivity contribution in [3.05, 3.63) is 0 Å². The lowest BCUT2D eigenvalue weighted by atomic mass is 9.84. The molecule has 14 heavy (non-hydrogen) atoms. The lowest BCUT2D eigenvalue weighted by Crippen LogP contribution is -2.45. The van der Waals surface area contributed by atoms with Gasteiger partial charge in [-0.15, -0.1) is 0 Å². The third-order valence-corrected chi connectivity index (χ3v) is 3.13. The van der Waals surface area contributed by atoms with Crippen LogP contribution in [-0.2, 0) is 0 Å². The SMILES string of the molecule is CC(C)CN1CCCC(C(C)(C)O)C1. The summed E-state index contributed by atoms with van der Waals surface area (Å²) >= 11 is 0. The zero-order valence-electron chi connectivity index (χ0n) is 10.1. The molecule has 0 radical (unpaired) electrons. The molecule has 1 fully saturated rings. The first kappa shape index (κ1) is 12.0. The van der Waals surface area contributed by atoms with Gasteiger partial charge in [0.25, 0.3) is 0 Å². The van der Waals surface area contributed by atoms with Crippen molar-refractivity contribution in [2.75, 3.05) is 19.6 Å². The second-order valence-corrected chi connectivity index (χ2v) is 5.65. The third kappa shape index (κ3) is 3.58. The van der Waals surface area contributed by atoms with E-state index < -0.39 is 5.60 Å². The molecule has 1 saturated heterocycles. The summed E-state index contributed by atoms with van der Waals surface area (Å²) in [6.45, 7) is 11.9. The zero-order valence-corrected chi connectivity index (χ0v) is 10.1. The average Bonchev–Trinajstić information content (AvgIpc) is 2.01. The minimum absolute atomic E-state index is 0.454. The lowest BCUT2D eigenvalue weighted by molar-refractivity contribution is -0.0200. The first-order valence-corrected chi connectivity index (χ1v) is 5.84. The fourth-order valence-corrected chi connectivity index (χ4v) is 2.31. The van der Waals surface area contributed by atoms with Gasteiger partial charge in [-0.05, 0) is 45.1 Å². The monoisotopic (exact) mass is 199 g/mol. The molecular formula is C12H25NO. The summed E-state index contributed by atoms with van der Waals surface area (Å²) in [5.74, 6) is 1.19. The Bertz CT molecular complexity index is 172. The highest BCUT2D eigenvalue weighted by molar-refractivity contribution is 4.84. The second-order valence-electron chi connectivity index (χ2n) is 5.65. The second kappa shape index (κ2) is 4.63. The molecule has 1 N–H and O–H groups in total. The highest BCUT2D eigenvalue weighted by Crippen LogP contribution is 2.26. The van der Waals surface area contributed by atoms with E-state index in [1.807, 2.05) is 13.8 Å². The van der Waals surface area contributed by atoms with Crippen LogP contribution in [0, 0.1) is 11.8 Å². The molecule has 0 aromatic heterocycles. The average molecular weight is 199 g/mol. The van der Waals surface area contributed by atoms with Crippen molar-refractivity contribution in [1.29, 1.82) is 0 Å². The Hall–Kier alpha value is -0.0800. The lowest BCUT2D eigenvalue weighted by Gasteiger charge is -2.39. The van der Waals surface area contributed by atoms with Gasteiger partial charge in [0.1, 0.15) is 0 Å². The molecule has 1 rings (SSSR count). The number of rotatable bonds is 3. The predicted molar refractivity (Wildman–Crippen MR) is 60.3 cm³/mol. The van der Waals surface area contributed by atoms with Gasteiger partial charge in [-0.3, -0.25) is 0 Å². The van der Waals surface area contributed by atoms with Crippen LogP contribution in [0.25, 0.3) is 0 Å². The summed E-state index contributed by atoms with van der Waals surface area (Å²) < 4.78 is 0. The van der Waals surface area contributed by atoms with Crippen molar-refractivity contribution in [1.82, 2.24) is 4.90 Å². The molecule has 0 amide bonds. The fourth-order valence-electron chi connectivity index (χ4n) is 2.31. The van der Waals surface area contributed by atoms with E-state index in [1.165, 1.54) is 25.9 Å². The summed E-state index contributed by atoms with van der Waals surface area (Å²) in [5.41, 5.74) is -0.504. The van der Waals surface area contributed by atoms with Crippen LogP contribution >= 0.6 is 0 Å². The zero-order chi connectivity index (χ0) is 10.8. The van der Waals surface area contributed by atoms with Crippen LogP contribution in [0.1, 0.15) is 40.5 Å². The van der Waals surface area contributed by atoms with E-state index in [2.05, 4.69) is 18.7 Å². The Kier molecular flexibility index (Phi) is 3.96. The summed E-state index contributed by atoms with van der Waals surface area (Å²) in [5, 5.41) is 9.97. The van der Waals surface area contributed by atoms with Gasteiger partial charge in [0.15, 0.2) is 0 Å². The number of likely N-dealkylation sites (tertiary alicyclic amines) is 1. The smallest absolute Gasteiger partial charge is 0.0632 e. The van der Waals surface area contributed by atoms with Gasteiger partial charge in [0, 0.05) is 13.1 Å². The topological polar surface area (TPSA) is 23.5 Å². The molecule has 2 heteroatoms. The van der Waals surface area contributed by atoms with Crippen LogP contribution in [0.15, 0.2) is 0 Å². The molecule has 0 aromatic carbocycles. The van der Waals surface area contributed by atoms with Crippen LogP contribution in [-0.4, -0.2) is 35.2 Å². The molecule has 1 aliphatic heterocycles. The van der Waals surface area contributed by atoms with Crippen LogP contribution in [0.4, 0.5) is 0 Å². The standard InChI is InChI=1S/C12H25NO/c1-10(2)8-13-7-5-6-11(9-13)12(3,4)14/h10-11,14H,5-9H2,1-4H3. The molecule has 0 bridgehead atoms. The van der Waals surface area contributed by atoms with Crippen molar-refractivity contribution >= 4 is 0 Å². The fraction of sp³-hybridized carbons (Fsp3) is 1.00. The molecule has 1 aliphatic rings. The van der Waals surface area contributed by atoms with E-state index >= 15 is 0 Å². The molecule has 2 nitrogen and oxygen atoms in total. The molecule has 1 atom stereocenters. The molecule has 0 saturated carbocycles. The summed E-state index contributed by atoms with van der Waals surface area (Å²) in [7, 11) is 0. The Morgan fingerprint density at radius 2 is 2.07 bits per heavy atom. The Balaban J connectivity index is 2.44. The minimum atomic E-state index is -0.504. The largest absolute Gasteiger partial charge is 0.390 e. The Morgan fingerprint density at radius 3 is 2.57 bits per heavy atom. The van der Waals surface area contributed by atoms with Crippen molar-refractivity contribution in [2.45, 2.75) is 46.1 Å². The highest BCUT2D eigenvalue weighted by Gasteiger charge is 2.31. The van der Waals surface area contributed by atoms with E-state index in [1.54, 1.807) is 0 Å². The Labute approximate surface area is 88.3 Å². The Morgan fingerprint density at radius 1 is 1.43 bits per heavy atom. The van der Waals surface area contributed by atoms with Crippen LogP contribution in [0.3, 0.4) is 0 Å². The van der Waals surface area contributed by atoms with Crippen LogP contribution in [0.2, 0.25) is 0 Å². The molecule has 0 spiro atoms. The van der Waals surface area contributed by atoms with Gasteiger partial charge in [-0.2, -0.15) is 0 Å². The van der Waals surface area contributed by atoms with Crippen LogP contribution in [0.5, 0.6) is 0 Å². The van der Waals surface area contributed by atoms with Gasteiger partial charge >= 0.3 is 0 Å². The van der Waals surface area contributed by atoms with Crippen LogP contribution < -0.4 is 0 Å². The van der Waals surface area contributed by atoms with Gasteiger partial charge < -0.3 is 10.0 Å². The molecule has 0 aliphatic carbocycles. The predicted octanol–water partition coefficient (Wildman–Crippen LogP) is 2.13. The van der Waals surface area contributed by atoms with E-state index in [0.29, 0.717) is 5.92 Å². The van der Waals surface area contributed by atoms with E-state index in [-0.39, 0.29) is 0 Å². The van der Waals surface area contributed by atoms with Crippen molar-refractivity contribution in [3.63, 3.8) is 0 Å². The first-order valence-electron chi connectivity index (χ1n) is 5.84. The van der Waals surface area contributed by atoms with Crippen molar-refractivity contribution in [2.24, 2.45) is 11.8 Å². The van der Waals surface area contributed by atoms with Gasteiger partial charge in [-0.1, -0.05) is 13.8 Å². The third-order valence-electron chi connectivity index (χ3n) is 3.13. The number of aliphatic hydroxyl groups is 1. The molecular weight excluding hydrogens is 174 g/mol. The molecule has 1 heterocycles. The van der Waals surface area contributed by atoms with Crippen molar-refractivity contribution < 1.29 is 5.11 Å². The number of hydrogen-bond donors (Lipinski definition) is 1. The maximum atomic E-state index is 9.97. The maximum Gasteiger partial charge on any atom is 0.0632 e. The maximum absolute atomic E-state index is 9.97. The van der Waals surface area contributed by atoms with Crippen molar-refractivity contribution in [3.8, 4) is 0 Å². The number of hydrogen-bond acceptors (Lipinski definition) is 2. The summed E-state index contributed by atoms with van der Waals surface area (Å²) in [4.78, 5) is 2.50. The minimum Gasteiger partial charge on any atom is -0.390 e. The van der Waals surface area contributed by atoms with E-state index in [9.17, 15) is 5.11 Å². The molecule has 1 unspecified atom stereocenters. The highest BCUT2D eigenvalue weighted by atomic mass is 16.3. The first-order chi connectivity index (χ1) is 6.39. The van der Waals surface area contributed by atoms with Gasteiger partial charge in [0.05, 0.1) is 5.60 Å². The van der Waals surface area contributed by atoms with E-state index in [0.717, 1.165) is 12.5 Å². The number of piperidine rings is 1. The quantitative estimate of drug-likeness (QED) is 0.752.